The summed E-state index contributed by atoms with van der Waals surface area (Å²) in [5, 5.41) is 3.23. The van der Waals surface area contributed by atoms with E-state index in [9.17, 15) is 0 Å². The predicted molar refractivity (Wildman–Crippen MR) is 55.1 cm³/mol. The van der Waals surface area contributed by atoms with Crippen molar-refractivity contribution in [3.05, 3.63) is 0 Å². The Hall–Kier alpha value is -0.120. The zero-order valence-electron chi connectivity index (χ0n) is 9.35. The van der Waals surface area contributed by atoms with Crippen LogP contribution in [0.4, 0.5) is 0 Å². The van der Waals surface area contributed by atoms with Gasteiger partial charge in [-0.25, -0.2) is 0 Å². The molecule has 0 aliphatic carbocycles. The van der Waals surface area contributed by atoms with Gasteiger partial charge in [0.15, 0.2) is 0 Å². The van der Waals surface area contributed by atoms with E-state index in [0.717, 1.165) is 32.7 Å². The highest BCUT2D eigenvalue weighted by molar-refractivity contribution is 4.65. The van der Waals surface area contributed by atoms with Gasteiger partial charge in [-0.2, -0.15) is 0 Å². The van der Waals surface area contributed by atoms with E-state index in [1.165, 1.54) is 0 Å². The molecule has 3 heteroatoms. The van der Waals surface area contributed by atoms with Gasteiger partial charge in [0.1, 0.15) is 0 Å². The van der Waals surface area contributed by atoms with Crippen molar-refractivity contribution in [3.8, 4) is 0 Å². The summed E-state index contributed by atoms with van der Waals surface area (Å²) in [6, 6.07) is 0. The zero-order chi connectivity index (χ0) is 10.2. The van der Waals surface area contributed by atoms with Crippen LogP contribution in [0.15, 0.2) is 0 Å². The molecule has 0 aliphatic heterocycles. The average molecular weight is 189 g/mol. The van der Waals surface area contributed by atoms with E-state index in [-0.39, 0.29) is 5.60 Å². The van der Waals surface area contributed by atoms with Crippen LogP contribution in [0, 0.1) is 0 Å². The maximum absolute atomic E-state index is 5.66. The Morgan fingerprint density at radius 3 is 2.31 bits per heavy atom. The number of ether oxygens (including phenoxy) is 2. The van der Waals surface area contributed by atoms with Gasteiger partial charge in [0.2, 0.25) is 0 Å². The van der Waals surface area contributed by atoms with Crippen LogP contribution in [-0.4, -0.2) is 39.0 Å². The highest BCUT2D eigenvalue weighted by atomic mass is 16.5. The fraction of sp³-hybridized carbons (Fsp3) is 1.00. The highest BCUT2D eigenvalue weighted by Gasteiger charge is 2.13. The molecule has 0 saturated heterocycles. The first-order valence-electron chi connectivity index (χ1n) is 4.96. The molecule has 0 atom stereocenters. The fourth-order valence-corrected chi connectivity index (χ4v) is 0.801. The largest absolute Gasteiger partial charge is 0.383 e. The van der Waals surface area contributed by atoms with Crippen LogP contribution in [0.25, 0.3) is 0 Å². The molecule has 0 saturated carbocycles. The molecular formula is C10H23NO2. The number of hydrogen-bond acceptors (Lipinski definition) is 3. The van der Waals surface area contributed by atoms with E-state index in [2.05, 4.69) is 26.1 Å². The van der Waals surface area contributed by atoms with Crippen LogP contribution >= 0.6 is 0 Å². The molecule has 80 valence electrons. The lowest BCUT2D eigenvalue weighted by atomic mass is 10.1. The third kappa shape index (κ3) is 8.22. The lowest BCUT2D eigenvalue weighted by Crippen LogP contribution is -2.29. The second-order valence-electron chi connectivity index (χ2n) is 3.70. The normalized spacial score (nSPS) is 12.0. The molecular weight excluding hydrogens is 166 g/mol. The third-order valence-electron chi connectivity index (χ3n) is 2.11. The maximum atomic E-state index is 5.66. The quantitative estimate of drug-likeness (QED) is 0.586. The summed E-state index contributed by atoms with van der Waals surface area (Å²) in [6.07, 6.45) is 1.05. The second-order valence-corrected chi connectivity index (χ2v) is 3.70. The van der Waals surface area contributed by atoms with E-state index in [1.54, 1.807) is 7.11 Å². The fourth-order valence-electron chi connectivity index (χ4n) is 0.801. The molecule has 0 fully saturated rings. The lowest BCUT2D eigenvalue weighted by molar-refractivity contribution is -0.0182. The van der Waals surface area contributed by atoms with Gasteiger partial charge in [0, 0.05) is 20.2 Å². The summed E-state index contributed by atoms with van der Waals surface area (Å²) in [6.45, 7) is 9.68. The molecule has 0 amide bonds. The number of nitrogens with one attached hydrogen (secondary N) is 1. The number of hydrogen-bond donors (Lipinski definition) is 1. The van der Waals surface area contributed by atoms with Gasteiger partial charge >= 0.3 is 0 Å². The van der Waals surface area contributed by atoms with E-state index in [0.29, 0.717) is 0 Å². The standard InChI is InChI=1S/C10H23NO2/c1-5-10(2,3)13-9-7-11-6-8-12-4/h11H,5-9H2,1-4H3. The van der Waals surface area contributed by atoms with E-state index < -0.39 is 0 Å². The Morgan fingerprint density at radius 1 is 1.15 bits per heavy atom. The van der Waals surface area contributed by atoms with Gasteiger partial charge in [-0.3, -0.25) is 0 Å². The van der Waals surface area contributed by atoms with Crippen LogP contribution in [0.5, 0.6) is 0 Å². The second kappa shape index (κ2) is 7.30. The maximum Gasteiger partial charge on any atom is 0.0624 e. The molecule has 1 N–H and O–H groups in total. The molecule has 0 aromatic rings. The van der Waals surface area contributed by atoms with Crippen molar-refractivity contribution in [1.82, 2.24) is 5.32 Å². The Bertz CT molecular complexity index is 115. The van der Waals surface area contributed by atoms with Crippen molar-refractivity contribution < 1.29 is 9.47 Å². The molecule has 0 aliphatic rings. The molecule has 0 aromatic carbocycles. The predicted octanol–water partition coefficient (Wildman–Crippen LogP) is 1.43. The molecule has 13 heavy (non-hydrogen) atoms. The molecule has 3 nitrogen and oxygen atoms in total. The average Bonchev–Trinajstić information content (AvgIpc) is 2.11. The third-order valence-corrected chi connectivity index (χ3v) is 2.11. The minimum Gasteiger partial charge on any atom is -0.383 e. The van der Waals surface area contributed by atoms with Crippen molar-refractivity contribution in [2.24, 2.45) is 0 Å². The van der Waals surface area contributed by atoms with Gasteiger partial charge in [0.25, 0.3) is 0 Å². The van der Waals surface area contributed by atoms with Gasteiger partial charge in [0.05, 0.1) is 18.8 Å². The first-order chi connectivity index (χ1) is 6.12. The Morgan fingerprint density at radius 2 is 1.77 bits per heavy atom. The highest BCUT2D eigenvalue weighted by Crippen LogP contribution is 2.12. The minimum absolute atomic E-state index is 0.0168. The van der Waals surface area contributed by atoms with E-state index in [1.807, 2.05) is 0 Å². The van der Waals surface area contributed by atoms with Gasteiger partial charge in [-0.15, -0.1) is 0 Å². The summed E-state index contributed by atoms with van der Waals surface area (Å²) >= 11 is 0. The Balaban J connectivity index is 3.16. The van der Waals surface area contributed by atoms with Crippen molar-refractivity contribution in [2.45, 2.75) is 32.8 Å². The molecule has 0 bridgehead atoms. The molecule has 0 heterocycles. The van der Waals surface area contributed by atoms with Crippen molar-refractivity contribution in [1.29, 1.82) is 0 Å². The monoisotopic (exact) mass is 189 g/mol. The van der Waals surface area contributed by atoms with E-state index >= 15 is 0 Å². The van der Waals surface area contributed by atoms with Crippen LogP contribution in [0.1, 0.15) is 27.2 Å². The Kier molecular flexibility index (Phi) is 7.23. The van der Waals surface area contributed by atoms with Crippen LogP contribution in [0.3, 0.4) is 0 Å². The first kappa shape index (κ1) is 12.9. The molecule has 0 spiro atoms. The summed E-state index contributed by atoms with van der Waals surface area (Å²) in [5.74, 6) is 0. The van der Waals surface area contributed by atoms with Gasteiger partial charge in [-0.1, -0.05) is 6.92 Å². The summed E-state index contributed by atoms with van der Waals surface area (Å²) in [4.78, 5) is 0. The lowest BCUT2D eigenvalue weighted by Gasteiger charge is -2.23. The summed E-state index contributed by atoms with van der Waals surface area (Å²) in [5.41, 5.74) is 0.0168. The topological polar surface area (TPSA) is 30.5 Å². The SMILES string of the molecule is CCC(C)(C)OCCNCCOC. The number of methoxy groups -OCH3 is 1. The van der Waals surface area contributed by atoms with Crippen molar-refractivity contribution >= 4 is 0 Å². The summed E-state index contributed by atoms with van der Waals surface area (Å²) in [7, 11) is 1.71. The van der Waals surface area contributed by atoms with E-state index in [4.69, 9.17) is 9.47 Å². The first-order valence-corrected chi connectivity index (χ1v) is 4.96. The van der Waals surface area contributed by atoms with Crippen molar-refractivity contribution in [2.75, 3.05) is 33.4 Å². The summed E-state index contributed by atoms with van der Waals surface area (Å²) < 4.78 is 10.6. The van der Waals surface area contributed by atoms with Crippen LogP contribution in [-0.2, 0) is 9.47 Å². The van der Waals surface area contributed by atoms with Gasteiger partial charge < -0.3 is 14.8 Å². The smallest absolute Gasteiger partial charge is 0.0624 e. The molecule has 0 rings (SSSR count). The van der Waals surface area contributed by atoms with Crippen molar-refractivity contribution in [3.63, 3.8) is 0 Å². The van der Waals surface area contributed by atoms with Gasteiger partial charge in [-0.05, 0) is 20.3 Å². The molecule has 0 aromatic heterocycles. The molecule has 0 unspecified atom stereocenters. The Labute approximate surface area is 81.8 Å². The van der Waals surface area contributed by atoms with Crippen LogP contribution in [0.2, 0.25) is 0 Å². The van der Waals surface area contributed by atoms with Crippen LogP contribution < -0.4 is 5.32 Å². The number of rotatable bonds is 8. The zero-order valence-corrected chi connectivity index (χ0v) is 9.35. The minimum atomic E-state index is 0.0168. The molecule has 0 radical (unpaired) electrons.